The standard InChI is InChI=1S/C20H19NO4S2/c1-3-25-20(22)18-19(17(13-26-18)15-9-5-4-6-10-15)27(23,24)21-16-11-7-8-14(2)12-16/h4-13,21H,3H2,1-2H3. The molecule has 3 rings (SSSR count). The number of thiophene rings is 1. The van der Waals surface area contributed by atoms with Gasteiger partial charge in [0.05, 0.1) is 6.61 Å². The third-order valence-corrected chi connectivity index (χ3v) is 6.39. The van der Waals surface area contributed by atoms with Crippen LogP contribution in [-0.2, 0) is 14.8 Å². The van der Waals surface area contributed by atoms with E-state index in [2.05, 4.69) is 4.72 Å². The van der Waals surface area contributed by atoms with Crippen LogP contribution in [0.2, 0.25) is 0 Å². The van der Waals surface area contributed by atoms with Crippen LogP contribution < -0.4 is 4.72 Å². The van der Waals surface area contributed by atoms with E-state index in [0.29, 0.717) is 16.8 Å². The number of esters is 1. The Morgan fingerprint density at radius 3 is 2.52 bits per heavy atom. The lowest BCUT2D eigenvalue weighted by Crippen LogP contribution is -2.17. The smallest absolute Gasteiger partial charge is 0.349 e. The Labute approximate surface area is 162 Å². The third-order valence-electron chi connectivity index (χ3n) is 3.83. The monoisotopic (exact) mass is 401 g/mol. The van der Waals surface area contributed by atoms with Gasteiger partial charge in [0, 0.05) is 16.6 Å². The molecule has 2 aromatic carbocycles. The van der Waals surface area contributed by atoms with Crippen LogP contribution in [-0.4, -0.2) is 21.0 Å². The molecule has 0 saturated carbocycles. The number of benzene rings is 2. The molecule has 140 valence electrons. The SMILES string of the molecule is CCOC(=O)c1scc(-c2ccccc2)c1S(=O)(=O)Nc1cccc(C)c1. The van der Waals surface area contributed by atoms with Crippen LogP contribution in [0.1, 0.15) is 22.2 Å². The van der Waals surface area contributed by atoms with Crippen LogP contribution in [0.5, 0.6) is 0 Å². The average molecular weight is 402 g/mol. The molecule has 0 unspecified atom stereocenters. The van der Waals surface area contributed by atoms with Crippen LogP contribution >= 0.6 is 11.3 Å². The Balaban J connectivity index is 2.13. The lowest BCUT2D eigenvalue weighted by atomic mass is 10.1. The third kappa shape index (κ3) is 4.20. The zero-order valence-corrected chi connectivity index (χ0v) is 16.6. The van der Waals surface area contributed by atoms with E-state index >= 15 is 0 Å². The van der Waals surface area contributed by atoms with Gasteiger partial charge >= 0.3 is 5.97 Å². The molecule has 0 aliphatic heterocycles. The highest BCUT2D eigenvalue weighted by Crippen LogP contribution is 2.36. The van der Waals surface area contributed by atoms with Gasteiger partial charge < -0.3 is 4.74 Å². The van der Waals surface area contributed by atoms with E-state index < -0.39 is 16.0 Å². The van der Waals surface area contributed by atoms with Crippen LogP contribution in [0.15, 0.2) is 64.9 Å². The zero-order chi connectivity index (χ0) is 19.4. The second-order valence-corrected chi connectivity index (χ2v) is 8.37. The Morgan fingerprint density at radius 2 is 1.85 bits per heavy atom. The largest absolute Gasteiger partial charge is 0.462 e. The maximum atomic E-state index is 13.2. The molecule has 27 heavy (non-hydrogen) atoms. The van der Waals surface area contributed by atoms with Gasteiger partial charge in [0.1, 0.15) is 9.77 Å². The quantitative estimate of drug-likeness (QED) is 0.608. The van der Waals surface area contributed by atoms with Crippen molar-refractivity contribution in [2.45, 2.75) is 18.7 Å². The number of rotatable bonds is 6. The predicted octanol–water partition coefficient (Wildman–Crippen LogP) is 4.70. The summed E-state index contributed by atoms with van der Waals surface area (Å²) in [6, 6.07) is 16.2. The molecular weight excluding hydrogens is 382 g/mol. The van der Waals surface area contributed by atoms with Crippen LogP contribution in [0.4, 0.5) is 5.69 Å². The maximum absolute atomic E-state index is 13.2. The summed E-state index contributed by atoms with van der Waals surface area (Å²) in [5.41, 5.74) is 2.56. The number of hydrogen-bond acceptors (Lipinski definition) is 5. The summed E-state index contributed by atoms with van der Waals surface area (Å²) < 4.78 is 34.0. The zero-order valence-electron chi connectivity index (χ0n) is 14.9. The fourth-order valence-corrected chi connectivity index (χ4v) is 5.43. The van der Waals surface area contributed by atoms with Crippen molar-refractivity contribution in [3.05, 3.63) is 70.4 Å². The molecule has 0 fully saturated rings. The summed E-state index contributed by atoms with van der Waals surface area (Å²) in [4.78, 5) is 12.4. The van der Waals surface area contributed by atoms with Crippen molar-refractivity contribution >= 4 is 33.0 Å². The van der Waals surface area contributed by atoms with Gasteiger partial charge in [-0.25, -0.2) is 13.2 Å². The first-order valence-electron chi connectivity index (χ1n) is 8.36. The molecule has 5 nitrogen and oxygen atoms in total. The number of sulfonamides is 1. The van der Waals surface area contributed by atoms with E-state index in [1.54, 1.807) is 30.5 Å². The van der Waals surface area contributed by atoms with Crippen LogP contribution in [0, 0.1) is 6.92 Å². The van der Waals surface area contributed by atoms with E-state index in [4.69, 9.17) is 4.74 Å². The van der Waals surface area contributed by atoms with Gasteiger partial charge in [-0.2, -0.15) is 0 Å². The van der Waals surface area contributed by atoms with Crippen LogP contribution in [0.3, 0.4) is 0 Å². The first kappa shape index (κ1) is 19.1. The summed E-state index contributed by atoms with van der Waals surface area (Å²) in [7, 11) is -4.00. The molecule has 7 heteroatoms. The number of ether oxygens (including phenoxy) is 1. The Bertz CT molecular complexity index is 1060. The summed E-state index contributed by atoms with van der Waals surface area (Å²) in [6.45, 7) is 3.73. The molecule has 1 heterocycles. The number of carbonyl (C=O) groups is 1. The Morgan fingerprint density at radius 1 is 1.11 bits per heavy atom. The molecule has 0 aliphatic carbocycles. The normalized spacial score (nSPS) is 11.2. The van der Waals surface area contributed by atoms with E-state index in [-0.39, 0.29) is 16.4 Å². The Hall–Kier alpha value is -2.64. The molecule has 3 aromatic rings. The van der Waals surface area contributed by atoms with Gasteiger partial charge in [-0.1, -0.05) is 42.5 Å². The number of aryl methyl sites for hydroxylation is 1. The average Bonchev–Trinajstić information content (AvgIpc) is 3.08. The number of nitrogens with one attached hydrogen (secondary N) is 1. The molecule has 0 spiro atoms. The summed E-state index contributed by atoms with van der Waals surface area (Å²) in [6.07, 6.45) is 0. The van der Waals surface area contributed by atoms with E-state index in [9.17, 15) is 13.2 Å². The molecule has 0 saturated heterocycles. The minimum atomic E-state index is -4.00. The lowest BCUT2D eigenvalue weighted by Gasteiger charge is -2.12. The lowest BCUT2D eigenvalue weighted by molar-refractivity contribution is 0.0528. The highest BCUT2D eigenvalue weighted by atomic mass is 32.2. The van der Waals surface area contributed by atoms with Crippen molar-refractivity contribution in [2.75, 3.05) is 11.3 Å². The predicted molar refractivity (Wildman–Crippen MR) is 108 cm³/mol. The highest BCUT2D eigenvalue weighted by molar-refractivity contribution is 7.93. The second-order valence-electron chi connectivity index (χ2n) is 5.87. The molecule has 0 amide bonds. The van der Waals surface area contributed by atoms with E-state index in [0.717, 1.165) is 16.9 Å². The Kier molecular flexibility index (Phi) is 5.62. The van der Waals surface area contributed by atoms with E-state index in [1.807, 2.05) is 43.3 Å². The molecule has 1 N–H and O–H groups in total. The first-order chi connectivity index (χ1) is 12.9. The van der Waals surface area contributed by atoms with Gasteiger partial charge in [-0.15, -0.1) is 11.3 Å². The van der Waals surface area contributed by atoms with Crippen molar-refractivity contribution in [3.8, 4) is 11.1 Å². The van der Waals surface area contributed by atoms with Crippen molar-refractivity contribution in [1.29, 1.82) is 0 Å². The number of anilines is 1. The molecule has 0 atom stereocenters. The minimum absolute atomic E-state index is 0.0568. The second kappa shape index (κ2) is 7.94. The molecule has 1 aromatic heterocycles. The minimum Gasteiger partial charge on any atom is -0.462 e. The molecule has 0 aliphatic rings. The fraction of sp³-hybridized carbons (Fsp3) is 0.150. The molecule has 0 bridgehead atoms. The van der Waals surface area contributed by atoms with Crippen molar-refractivity contribution < 1.29 is 17.9 Å². The topological polar surface area (TPSA) is 72.5 Å². The highest BCUT2D eigenvalue weighted by Gasteiger charge is 2.30. The summed E-state index contributed by atoms with van der Waals surface area (Å²) >= 11 is 1.07. The molecule has 0 radical (unpaired) electrons. The summed E-state index contributed by atoms with van der Waals surface area (Å²) in [5, 5.41) is 1.67. The fourth-order valence-electron chi connectivity index (χ4n) is 2.68. The van der Waals surface area contributed by atoms with Crippen molar-refractivity contribution in [1.82, 2.24) is 0 Å². The van der Waals surface area contributed by atoms with Gasteiger partial charge in [-0.05, 0) is 37.1 Å². The molecular formula is C20H19NO4S2. The first-order valence-corrected chi connectivity index (χ1v) is 10.7. The van der Waals surface area contributed by atoms with Gasteiger partial charge in [0.25, 0.3) is 10.0 Å². The van der Waals surface area contributed by atoms with Gasteiger partial charge in [0.2, 0.25) is 0 Å². The maximum Gasteiger partial charge on any atom is 0.349 e. The van der Waals surface area contributed by atoms with Crippen molar-refractivity contribution in [3.63, 3.8) is 0 Å². The van der Waals surface area contributed by atoms with E-state index in [1.165, 1.54) is 0 Å². The van der Waals surface area contributed by atoms with Gasteiger partial charge in [0.15, 0.2) is 0 Å². The van der Waals surface area contributed by atoms with Gasteiger partial charge in [-0.3, -0.25) is 4.72 Å². The van der Waals surface area contributed by atoms with Crippen molar-refractivity contribution in [2.24, 2.45) is 0 Å². The summed E-state index contributed by atoms with van der Waals surface area (Å²) in [5.74, 6) is -0.644. The number of carbonyl (C=O) groups excluding carboxylic acids is 1. The number of hydrogen-bond donors (Lipinski definition) is 1. The van der Waals surface area contributed by atoms with Crippen LogP contribution in [0.25, 0.3) is 11.1 Å².